The zero-order chi connectivity index (χ0) is 16.3. The minimum absolute atomic E-state index is 0.0292. The molecule has 0 amide bonds. The predicted molar refractivity (Wildman–Crippen MR) is 80.5 cm³/mol. The minimum atomic E-state index is -4.32. The van der Waals surface area contributed by atoms with E-state index in [0.717, 1.165) is 30.7 Å². The van der Waals surface area contributed by atoms with E-state index in [1.807, 2.05) is 30.3 Å². The summed E-state index contributed by atoms with van der Waals surface area (Å²) >= 11 is 0. The van der Waals surface area contributed by atoms with Crippen molar-refractivity contribution in [2.24, 2.45) is 5.41 Å². The molecule has 2 nitrogen and oxygen atoms in total. The van der Waals surface area contributed by atoms with Gasteiger partial charge < -0.3 is 9.47 Å². The van der Waals surface area contributed by atoms with Crippen LogP contribution in [-0.2, 0) is 6.18 Å². The lowest BCUT2D eigenvalue weighted by Gasteiger charge is -2.17. The minimum Gasteiger partial charge on any atom is -0.493 e. The number of para-hydroxylation sites is 1. The van der Waals surface area contributed by atoms with E-state index in [-0.39, 0.29) is 5.41 Å². The molecule has 2 aromatic carbocycles. The molecule has 0 aliphatic heterocycles. The van der Waals surface area contributed by atoms with Crippen LogP contribution in [0.3, 0.4) is 0 Å². The van der Waals surface area contributed by atoms with Crippen molar-refractivity contribution in [3.63, 3.8) is 0 Å². The van der Waals surface area contributed by atoms with E-state index >= 15 is 0 Å². The lowest BCUT2D eigenvalue weighted by Crippen LogP contribution is -2.21. The molecule has 0 heterocycles. The van der Waals surface area contributed by atoms with E-state index in [0.29, 0.717) is 19.0 Å². The summed E-state index contributed by atoms with van der Waals surface area (Å²) in [5, 5.41) is 0. The molecule has 1 saturated carbocycles. The van der Waals surface area contributed by atoms with E-state index in [4.69, 9.17) is 9.47 Å². The van der Waals surface area contributed by atoms with E-state index in [2.05, 4.69) is 0 Å². The number of alkyl halides is 3. The molecule has 0 unspecified atom stereocenters. The highest BCUT2D eigenvalue weighted by molar-refractivity contribution is 5.29. The largest absolute Gasteiger partial charge is 0.493 e. The van der Waals surface area contributed by atoms with Crippen LogP contribution in [0.4, 0.5) is 13.2 Å². The molecule has 1 fully saturated rings. The summed E-state index contributed by atoms with van der Waals surface area (Å²) in [6.07, 6.45) is -2.32. The first-order valence-electron chi connectivity index (χ1n) is 7.45. The van der Waals surface area contributed by atoms with Gasteiger partial charge in [-0.1, -0.05) is 18.2 Å². The molecule has 122 valence electrons. The fraction of sp³-hybridized carbons (Fsp3) is 0.333. The second-order valence-corrected chi connectivity index (χ2v) is 5.91. The first-order valence-corrected chi connectivity index (χ1v) is 7.45. The quantitative estimate of drug-likeness (QED) is 0.750. The second-order valence-electron chi connectivity index (χ2n) is 5.91. The summed E-state index contributed by atoms with van der Waals surface area (Å²) in [4.78, 5) is 0. The highest BCUT2D eigenvalue weighted by atomic mass is 19.4. The van der Waals surface area contributed by atoms with Crippen molar-refractivity contribution >= 4 is 0 Å². The zero-order valence-corrected chi connectivity index (χ0v) is 12.5. The van der Waals surface area contributed by atoms with Crippen LogP contribution in [0.15, 0.2) is 54.6 Å². The van der Waals surface area contributed by atoms with E-state index < -0.39 is 11.7 Å². The van der Waals surface area contributed by atoms with Gasteiger partial charge in [0.2, 0.25) is 0 Å². The van der Waals surface area contributed by atoms with Crippen molar-refractivity contribution in [3.05, 3.63) is 60.2 Å². The Morgan fingerprint density at radius 1 is 0.783 bits per heavy atom. The third-order valence-corrected chi connectivity index (χ3v) is 3.97. The molecule has 0 spiro atoms. The van der Waals surface area contributed by atoms with E-state index in [1.165, 1.54) is 12.1 Å². The molecule has 5 heteroatoms. The lowest BCUT2D eigenvalue weighted by atomic mass is 10.1. The number of hydrogen-bond acceptors (Lipinski definition) is 2. The predicted octanol–water partition coefficient (Wildman–Crippen LogP) is 4.94. The van der Waals surface area contributed by atoms with Crippen LogP contribution in [0.5, 0.6) is 11.5 Å². The smallest absolute Gasteiger partial charge is 0.416 e. The van der Waals surface area contributed by atoms with Gasteiger partial charge in [-0.15, -0.1) is 0 Å². The molecule has 0 atom stereocenters. The Morgan fingerprint density at radius 3 is 1.78 bits per heavy atom. The van der Waals surface area contributed by atoms with Crippen molar-refractivity contribution in [3.8, 4) is 11.5 Å². The average Bonchev–Trinajstić information content (AvgIpc) is 3.32. The van der Waals surface area contributed by atoms with Crippen LogP contribution in [0.1, 0.15) is 18.4 Å². The maximum Gasteiger partial charge on any atom is 0.416 e. The number of halogens is 3. The Labute approximate surface area is 132 Å². The van der Waals surface area contributed by atoms with Gasteiger partial charge >= 0.3 is 6.18 Å². The van der Waals surface area contributed by atoms with Crippen LogP contribution >= 0.6 is 0 Å². The molecule has 0 bridgehead atoms. The van der Waals surface area contributed by atoms with Gasteiger partial charge in [-0.2, -0.15) is 13.2 Å². The highest BCUT2D eigenvalue weighted by Crippen LogP contribution is 2.46. The van der Waals surface area contributed by atoms with Crippen LogP contribution < -0.4 is 9.47 Å². The topological polar surface area (TPSA) is 18.5 Å². The summed E-state index contributed by atoms with van der Waals surface area (Å²) in [7, 11) is 0. The van der Waals surface area contributed by atoms with Gasteiger partial charge in [-0.3, -0.25) is 0 Å². The van der Waals surface area contributed by atoms with Gasteiger partial charge in [-0.25, -0.2) is 0 Å². The summed E-state index contributed by atoms with van der Waals surface area (Å²) in [5.41, 5.74) is -0.697. The number of benzene rings is 2. The van der Waals surface area contributed by atoms with Gasteiger partial charge in [0.15, 0.2) is 0 Å². The monoisotopic (exact) mass is 322 g/mol. The number of rotatable bonds is 6. The second kappa shape index (κ2) is 6.14. The van der Waals surface area contributed by atoms with Crippen molar-refractivity contribution in [1.29, 1.82) is 0 Å². The van der Waals surface area contributed by atoms with Crippen molar-refractivity contribution < 1.29 is 22.6 Å². The molecule has 1 aliphatic rings. The van der Waals surface area contributed by atoms with Gasteiger partial charge in [0.05, 0.1) is 18.8 Å². The molecular formula is C18H17F3O2. The SMILES string of the molecule is FC(F)(F)c1ccc(OCC2(COc3ccccc3)CC2)cc1. The Kier molecular flexibility index (Phi) is 4.20. The van der Waals surface area contributed by atoms with Crippen LogP contribution in [-0.4, -0.2) is 13.2 Å². The van der Waals surface area contributed by atoms with Gasteiger partial charge in [0, 0.05) is 5.41 Å². The lowest BCUT2D eigenvalue weighted by molar-refractivity contribution is -0.137. The third kappa shape index (κ3) is 4.18. The van der Waals surface area contributed by atoms with Crippen LogP contribution in [0, 0.1) is 5.41 Å². The molecule has 0 saturated heterocycles. The molecule has 1 aliphatic carbocycles. The fourth-order valence-corrected chi connectivity index (χ4v) is 2.24. The zero-order valence-electron chi connectivity index (χ0n) is 12.5. The number of ether oxygens (including phenoxy) is 2. The number of hydrogen-bond donors (Lipinski definition) is 0. The Balaban J connectivity index is 1.51. The van der Waals surface area contributed by atoms with Crippen molar-refractivity contribution in [2.75, 3.05) is 13.2 Å². The molecule has 0 radical (unpaired) electrons. The Morgan fingerprint density at radius 2 is 1.30 bits per heavy atom. The molecule has 0 aromatic heterocycles. The molecular weight excluding hydrogens is 305 g/mol. The first-order chi connectivity index (χ1) is 11.0. The molecule has 3 rings (SSSR count). The summed E-state index contributed by atoms with van der Waals surface area (Å²) in [5.74, 6) is 1.26. The maximum atomic E-state index is 12.5. The van der Waals surface area contributed by atoms with Gasteiger partial charge in [0.25, 0.3) is 0 Å². The molecule has 0 N–H and O–H groups in total. The fourth-order valence-electron chi connectivity index (χ4n) is 2.24. The van der Waals surface area contributed by atoms with Crippen molar-refractivity contribution in [2.45, 2.75) is 19.0 Å². The summed E-state index contributed by atoms with van der Waals surface area (Å²) < 4.78 is 48.9. The highest BCUT2D eigenvalue weighted by Gasteiger charge is 2.44. The Hall–Kier alpha value is -2.17. The summed E-state index contributed by atoms with van der Waals surface area (Å²) in [6, 6.07) is 14.3. The van der Waals surface area contributed by atoms with Crippen LogP contribution in [0.2, 0.25) is 0 Å². The molecule has 2 aromatic rings. The first kappa shape index (κ1) is 15.7. The van der Waals surface area contributed by atoms with Gasteiger partial charge in [0.1, 0.15) is 11.5 Å². The van der Waals surface area contributed by atoms with Crippen molar-refractivity contribution in [1.82, 2.24) is 0 Å². The Bertz CT molecular complexity index is 632. The third-order valence-electron chi connectivity index (χ3n) is 3.97. The maximum absolute atomic E-state index is 12.5. The standard InChI is InChI=1S/C18H17F3O2/c19-18(20,21)14-6-8-16(9-7-14)23-13-17(10-11-17)12-22-15-4-2-1-3-5-15/h1-9H,10-13H2. The molecule has 23 heavy (non-hydrogen) atoms. The van der Waals surface area contributed by atoms with E-state index in [9.17, 15) is 13.2 Å². The van der Waals surface area contributed by atoms with Gasteiger partial charge in [-0.05, 0) is 49.2 Å². The normalized spacial score (nSPS) is 16.0. The summed E-state index contributed by atoms with van der Waals surface area (Å²) in [6.45, 7) is 1.00. The van der Waals surface area contributed by atoms with E-state index in [1.54, 1.807) is 0 Å². The van der Waals surface area contributed by atoms with Crippen LogP contribution in [0.25, 0.3) is 0 Å². The average molecular weight is 322 g/mol.